The molecule has 0 bridgehead atoms. The highest BCUT2D eigenvalue weighted by Gasteiger charge is 2.31. The van der Waals surface area contributed by atoms with E-state index >= 15 is 0 Å². The van der Waals surface area contributed by atoms with Crippen LogP contribution in [0.3, 0.4) is 0 Å². The highest BCUT2D eigenvalue weighted by Crippen LogP contribution is 2.39. The number of phenolic OH excluding ortho intramolecular Hbond substituents is 1. The van der Waals surface area contributed by atoms with Gasteiger partial charge in [0, 0.05) is 12.2 Å². The summed E-state index contributed by atoms with van der Waals surface area (Å²) in [4.78, 5) is 12.6. The fourth-order valence-electron chi connectivity index (χ4n) is 4.51. The van der Waals surface area contributed by atoms with Crippen LogP contribution >= 0.6 is 0 Å². The summed E-state index contributed by atoms with van der Waals surface area (Å²) in [7, 11) is 0. The molecule has 0 atom stereocenters. The van der Waals surface area contributed by atoms with Crippen molar-refractivity contribution in [2.75, 3.05) is 6.61 Å². The van der Waals surface area contributed by atoms with Crippen LogP contribution in [0.5, 0.6) is 11.5 Å². The maximum Gasteiger partial charge on any atom is 0.314 e. The molecule has 3 aromatic rings. The van der Waals surface area contributed by atoms with Crippen molar-refractivity contribution in [3.8, 4) is 22.6 Å². The number of benzene rings is 3. The van der Waals surface area contributed by atoms with E-state index < -0.39 is 29.3 Å². The minimum Gasteiger partial charge on any atom is -0.508 e. The molecule has 3 aromatic carbocycles. The number of hydrogen-bond donors (Lipinski definition) is 1. The molecule has 0 spiro atoms. The van der Waals surface area contributed by atoms with Crippen LogP contribution in [0.25, 0.3) is 11.1 Å². The average Bonchev–Trinajstić information content (AvgIpc) is 2.86. The summed E-state index contributed by atoms with van der Waals surface area (Å²) in [5, 5.41) is 9.41. The third-order valence-electron chi connectivity index (χ3n) is 6.47. The summed E-state index contributed by atoms with van der Waals surface area (Å²) in [5.74, 6) is -3.72. The first-order valence-electron chi connectivity index (χ1n) is 11.7. The quantitative estimate of drug-likeness (QED) is 0.293. The largest absolute Gasteiger partial charge is 0.508 e. The van der Waals surface area contributed by atoms with Crippen LogP contribution in [0.1, 0.15) is 49.7 Å². The minimum absolute atomic E-state index is 0.0443. The van der Waals surface area contributed by atoms with Crippen molar-refractivity contribution < 1.29 is 32.5 Å². The lowest BCUT2D eigenvalue weighted by Gasteiger charge is -2.28. The Balaban J connectivity index is 1.38. The number of esters is 1. The molecule has 0 amide bonds. The molecule has 4 rings (SSSR count). The van der Waals surface area contributed by atoms with E-state index in [0.717, 1.165) is 0 Å². The van der Waals surface area contributed by atoms with Gasteiger partial charge in [0.25, 0.3) is 0 Å². The number of halogens is 3. The van der Waals surface area contributed by atoms with Crippen LogP contribution in [0, 0.1) is 23.4 Å². The van der Waals surface area contributed by atoms with E-state index in [0.29, 0.717) is 43.4 Å². The molecular formula is C28H27F3O4. The lowest BCUT2D eigenvalue weighted by Crippen LogP contribution is -2.25. The monoisotopic (exact) mass is 484 g/mol. The topological polar surface area (TPSA) is 55.8 Å². The molecule has 0 radical (unpaired) electrons. The Labute approximate surface area is 202 Å². The van der Waals surface area contributed by atoms with E-state index in [2.05, 4.69) is 0 Å². The van der Waals surface area contributed by atoms with E-state index in [4.69, 9.17) is 9.47 Å². The Hall–Kier alpha value is -3.32. The lowest BCUT2D eigenvalue weighted by atomic mass is 9.78. The van der Waals surface area contributed by atoms with E-state index in [1.54, 1.807) is 18.2 Å². The number of carbonyl (C=O) groups excluding carboxylic acids is 1. The zero-order valence-corrected chi connectivity index (χ0v) is 19.4. The molecule has 1 fully saturated rings. The standard InChI is InChI=1S/C28H27F3O4/c1-2-34-16-17-3-14-25(24(29)15-17)35-28(33)20-6-4-18(5-7-20)22-12-13-23(27(31)26(22)30)19-8-10-21(32)11-9-19/h3,8-15,18,20,32H,2,4-7,16H2,1H3. The normalized spacial score (nSPS) is 17.8. The molecule has 0 unspecified atom stereocenters. The number of hydrogen-bond acceptors (Lipinski definition) is 4. The molecule has 35 heavy (non-hydrogen) atoms. The van der Waals surface area contributed by atoms with Crippen LogP contribution in [0.4, 0.5) is 13.2 Å². The van der Waals surface area contributed by atoms with Crippen molar-refractivity contribution in [1.82, 2.24) is 0 Å². The van der Waals surface area contributed by atoms with Gasteiger partial charge in [-0.2, -0.15) is 0 Å². The molecule has 0 heterocycles. The second-order valence-electron chi connectivity index (χ2n) is 8.75. The van der Waals surface area contributed by atoms with E-state index in [1.165, 1.54) is 36.4 Å². The molecule has 0 aliphatic heterocycles. The summed E-state index contributed by atoms with van der Waals surface area (Å²) in [5.41, 5.74) is 1.52. The first kappa shape index (κ1) is 24.8. The Morgan fingerprint density at radius 2 is 1.66 bits per heavy atom. The molecule has 4 nitrogen and oxygen atoms in total. The van der Waals surface area contributed by atoms with E-state index in [-0.39, 0.29) is 35.2 Å². The molecule has 1 saturated carbocycles. The predicted molar refractivity (Wildman–Crippen MR) is 126 cm³/mol. The van der Waals surface area contributed by atoms with Gasteiger partial charge in [0.2, 0.25) is 0 Å². The van der Waals surface area contributed by atoms with Crippen LogP contribution in [0.15, 0.2) is 54.6 Å². The number of ether oxygens (including phenoxy) is 2. The number of phenols is 1. The Morgan fingerprint density at radius 3 is 2.31 bits per heavy atom. The first-order chi connectivity index (χ1) is 16.9. The summed E-state index contributed by atoms with van der Waals surface area (Å²) < 4.78 is 54.6. The van der Waals surface area contributed by atoms with E-state index in [1.807, 2.05) is 6.92 Å². The van der Waals surface area contributed by atoms with Crippen LogP contribution in [0.2, 0.25) is 0 Å². The van der Waals surface area contributed by atoms with Gasteiger partial charge in [-0.3, -0.25) is 4.79 Å². The highest BCUT2D eigenvalue weighted by molar-refractivity contribution is 5.75. The SMILES string of the molecule is CCOCc1ccc(OC(=O)C2CCC(c3ccc(-c4ccc(O)cc4)c(F)c3F)CC2)c(F)c1. The lowest BCUT2D eigenvalue weighted by molar-refractivity contribution is -0.140. The van der Waals surface area contributed by atoms with Gasteiger partial charge in [0.15, 0.2) is 23.2 Å². The van der Waals surface area contributed by atoms with Crippen molar-refractivity contribution in [1.29, 1.82) is 0 Å². The summed E-state index contributed by atoms with van der Waals surface area (Å²) in [6.07, 6.45) is 1.86. The molecule has 0 saturated heterocycles. The van der Waals surface area contributed by atoms with Gasteiger partial charge in [0.1, 0.15) is 5.75 Å². The van der Waals surface area contributed by atoms with Gasteiger partial charge in [-0.1, -0.05) is 30.3 Å². The average molecular weight is 485 g/mol. The molecule has 0 aromatic heterocycles. The van der Waals surface area contributed by atoms with Crippen LogP contribution in [-0.4, -0.2) is 17.7 Å². The van der Waals surface area contributed by atoms with Crippen LogP contribution in [-0.2, 0) is 16.1 Å². The molecule has 184 valence electrons. The number of carbonyl (C=O) groups is 1. The number of rotatable bonds is 7. The molecule has 1 aliphatic carbocycles. The fraction of sp³-hybridized carbons (Fsp3) is 0.321. The van der Waals surface area contributed by atoms with E-state index in [9.17, 15) is 23.1 Å². The molecule has 1 aliphatic rings. The molecular weight excluding hydrogens is 457 g/mol. The maximum absolute atomic E-state index is 14.9. The third kappa shape index (κ3) is 5.68. The van der Waals surface area contributed by atoms with Crippen molar-refractivity contribution in [3.63, 3.8) is 0 Å². The second-order valence-corrected chi connectivity index (χ2v) is 8.75. The van der Waals surface area contributed by atoms with Crippen molar-refractivity contribution in [3.05, 3.63) is 83.2 Å². The minimum atomic E-state index is -0.932. The summed E-state index contributed by atoms with van der Waals surface area (Å²) in [6.45, 7) is 2.64. The third-order valence-corrected chi connectivity index (χ3v) is 6.47. The highest BCUT2D eigenvalue weighted by atomic mass is 19.2. The first-order valence-corrected chi connectivity index (χ1v) is 11.7. The van der Waals surface area contributed by atoms with Gasteiger partial charge in [-0.15, -0.1) is 0 Å². The smallest absolute Gasteiger partial charge is 0.314 e. The summed E-state index contributed by atoms with van der Waals surface area (Å²) >= 11 is 0. The molecule has 1 N–H and O–H groups in total. The van der Waals surface area contributed by atoms with Crippen molar-refractivity contribution in [2.45, 2.75) is 45.1 Å². The van der Waals surface area contributed by atoms with Crippen LogP contribution < -0.4 is 4.74 Å². The Kier molecular flexibility index (Phi) is 7.76. The predicted octanol–water partition coefficient (Wildman–Crippen LogP) is 6.89. The van der Waals surface area contributed by atoms with Gasteiger partial charge < -0.3 is 14.6 Å². The van der Waals surface area contributed by atoms with Gasteiger partial charge in [-0.25, -0.2) is 13.2 Å². The Morgan fingerprint density at radius 1 is 0.943 bits per heavy atom. The van der Waals surface area contributed by atoms with Crippen molar-refractivity contribution >= 4 is 5.97 Å². The molecule has 7 heteroatoms. The summed E-state index contributed by atoms with van der Waals surface area (Å²) in [6, 6.07) is 13.4. The fourth-order valence-corrected chi connectivity index (χ4v) is 4.51. The zero-order valence-electron chi connectivity index (χ0n) is 19.4. The number of aromatic hydroxyl groups is 1. The van der Waals surface area contributed by atoms with Gasteiger partial charge in [0.05, 0.1) is 12.5 Å². The van der Waals surface area contributed by atoms with Gasteiger partial charge in [-0.05, 0) is 79.5 Å². The van der Waals surface area contributed by atoms with Gasteiger partial charge >= 0.3 is 5.97 Å². The van der Waals surface area contributed by atoms with Crippen molar-refractivity contribution in [2.24, 2.45) is 5.92 Å². The Bertz CT molecular complexity index is 1190. The zero-order chi connectivity index (χ0) is 24.9. The second kappa shape index (κ2) is 11.0. The maximum atomic E-state index is 14.9.